The zero-order chi connectivity index (χ0) is 13.0. The summed E-state index contributed by atoms with van der Waals surface area (Å²) in [6, 6.07) is 1.49. The van der Waals surface area contributed by atoms with Crippen LogP contribution in [-0.4, -0.2) is 17.7 Å². The molecular formula is C12H14F2O3. The number of aromatic carboxylic acids is 1. The summed E-state index contributed by atoms with van der Waals surface area (Å²) in [6.45, 7) is 4.02. The second-order valence-corrected chi connectivity index (χ2v) is 3.90. The van der Waals surface area contributed by atoms with Gasteiger partial charge in [0.2, 0.25) is 0 Å². The van der Waals surface area contributed by atoms with E-state index in [1.807, 2.05) is 13.8 Å². The molecule has 1 unspecified atom stereocenters. The number of hydrogen-bond acceptors (Lipinski definition) is 2. The predicted molar refractivity (Wildman–Crippen MR) is 58.3 cm³/mol. The Balaban J connectivity index is 2.90. The Morgan fingerprint density at radius 2 is 1.94 bits per heavy atom. The first-order valence-electron chi connectivity index (χ1n) is 5.30. The van der Waals surface area contributed by atoms with E-state index in [0.717, 1.165) is 18.6 Å². The van der Waals surface area contributed by atoms with Crippen molar-refractivity contribution in [3.63, 3.8) is 0 Å². The second-order valence-electron chi connectivity index (χ2n) is 3.90. The summed E-state index contributed by atoms with van der Waals surface area (Å²) in [4.78, 5) is 10.6. The maximum atomic E-state index is 13.4. The Hall–Kier alpha value is -1.65. The lowest BCUT2D eigenvalue weighted by Crippen LogP contribution is -2.10. The van der Waals surface area contributed by atoms with Gasteiger partial charge in [-0.2, -0.15) is 0 Å². The zero-order valence-corrected chi connectivity index (χ0v) is 9.67. The van der Waals surface area contributed by atoms with E-state index in [0.29, 0.717) is 0 Å². The smallest absolute Gasteiger partial charge is 0.335 e. The molecule has 0 heterocycles. The fraction of sp³-hybridized carbons (Fsp3) is 0.417. The first-order chi connectivity index (χ1) is 7.95. The molecule has 5 heteroatoms. The van der Waals surface area contributed by atoms with Crippen molar-refractivity contribution in [1.29, 1.82) is 0 Å². The molecule has 0 aromatic heterocycles. The third kappa shape index (κ3) is 3.41. The molecule has 0 radical (unpaired) electrons. The van der Waals surface area contributed by atoms with Crippen molar-refractivity contribution in [3.05, 3.63) is 29.3 Å². The highest BCUT2D eigenvalue weighted by Gasteiger charge is 2.16. The summed E-state index contributed by atoms with van der Waals surface area (Å²) in [5.74, 6) is -3.71. The van der Waals surface area contributed by atoms with E-state index in [2.05, 4.69) is 0 Å². The molecule has 0 amide bonds. The average Bonchev–Trinajstić information content (AvgIpc) is 2.27. The van der Waals surface area contributed by atoms with Gasteiger partial charge >= 0.3 is 5.97 Å². The van der Waals surface area contributed by atoms with Crippen LogP contribution in [0.4, 0.5) is 8.78 Å². The number of hydrogen-bond donors (Lipinski definition) is 1. The number of rotatable bonds is 5. The Labute approximate surface area is 98.0 Å². The van der Waals surface area contributed by atoms with Gasteiger partial charge in [0.25, 0.3) is 0 Å². The molecule has 1 rings (SSSR count). The van der Waals surface area contributed by atoms with Gasteiger partial charge in [-0.3, -0.25) is 0 Å². The largest absolute Gasteiger partial charge is 0.487 e. The topological polar surface area (TPSA) is 46.5 Å². The van der Waals surface area contributed by atoms with Gasteiger partial charge in [0.1, 0.15) is 0 Å². The van der Waals surface area contributed by atoms with Crippen LogP contribution >= 0.6 is 0 Å². The summed E-state index contributed by atoms with van der Waals surface area (Å²) in [5.41, 5.74) is -0.434. The number of halogens is 2. The van der Waals surface area contributed by atoms with Crippen LogP contribution in [0.5, 0.6) is 5.75 Å². The third-order valence-corrected chi connectivity index (χ3v) is 2.45. The molecule has 3 nitrogen and oxygen atoms in total. The fourth-order valence-electron chi connectivity index (χ4n) is 1.16. The molecule has 17 heavy (non-hydrogen) atoms. The Kier molecular flexibility index (Phi) is 4.43. The van der Waals surface area contributed by atoms with Crippen molar-refractivity contribution in [2.24, 2.45) is 5.92 Å². The van der Waals surface area contributed by atoms with Crippen LogP contribution < -0.4 is 4.74 Å². The second kappa shape index (κ2) is 5.61. The van der Waals surface area contributed by atoms with Crippen LogP contribution in [0.1, 0.15) is 30.6 Å². The van der Waals surface area contributed by atoms with Crippen LogP contribution in [0, 0.1) is 17.6 Å². The Morgan fingerprint density at radius 3 is 2.35 bits per heavy atom. The molecule has 0 aliphatic heterocycles. The molecule has 0 aliphatic carbocycles. The van der Waals surface area contributed by atoms with Crippen molar-refractivity contribution in [2.75, 3.05) is 6.61 Å². The van der Waals surface area contributed by atoms with Gasteiger partial charge < -0.3 is 9.84 Å². The van der Waals surface area contributed by atoms with Crippen LogP contribution in [0.25, 0.3) is 0 Å². The van der Waals surface area contributed by atoms with E-state index in [1.54, 1.807) is 0 Å². The molecular weight excluding hydrogens is 230 g/mol. The fourth-order valence-corrected chi connectivity index (χ4v) is 1.16. The minimum absolute atomic E-state index is 0.174. The third-order valence-electron chi connectivity index (χ3n) is 2.45. The predicted octanol–water partition coefficient (Wildman–Crippen LogP) is 3.09. The van der Waals surface area contributed by atoms with Gasteiger partial charge in [0.05, 0.1) is 12.2 Å². The van der Waals surface area contributed by atoms with E-state index < -0.39 is 28.9 Å². The Bertz CT molecular complexity index is 395. The molecule has 0 aliphatic rings. The molecule has 0 fully saturated rings. The van der Waals surface area contributed by atoms with Crippen LogP contribution in [0.3, 0.4) is 0 Å². The van der Waals surface area contributed by atoms with Crippen LogP contribution in [0.15, 0.2) is 12.1 Å². The molecule has 1 N–H and O–H groups in total. The average molecular weight is 244 g/mol. The normalized spacial score (nSPS) is 12.2. The first-order valence-corrected chi connectivity index (χ1v) is 5.30. The minimum Gasteiger partial charge on any atom is -0.487 e. The van der Waals surface area contributed by atoms with E-state index in [-0.39, 0.29) is 12.5 Å². The summed E-state index contributed by atoms with van der Waals surface area (Å²) < 4.78 is 31.8. The standard InChI is InChI=1S/C12H14F2O3/c1-3-7(2)6-17-11-9(13)4-8(12(15)16)5-10(11)14/h4-5,7H,3,6H2,1-2H3,(H,15,16). The summed E-state index contributed by atoms with van der Waals surface area (Å²) >= 11 is 0. The SMILES string of the molecule is CCC(C)COc1c(F)cc(C(=O)O)cc1F. The zero-order valence-electron chi connectivity index (χ0n) is 9.67. The van der Waals surface area contributed by atoms with Crippen molar-refractivity contribution in [3.8, 4) is 5.75 Å². The Morgan fingerprint density at radius 1 is 1.41 bits per heavy atom. The molecule has 0 bridgehead atoms. The lowest BCUT2D eigenvalue weighted by molar-refractivity contribution is 0.0695. The van der Waals surface area contributed by atoms with Gasteiger partial charge in [-0.25, -0.2) is 13.6 Å². The number of benzene rings is 1. The van der Waals surface area contributed by atoms with Crippen LogP contribution in [-0.2, 0) is 0 Å². The molecule has 1 atom stereocenters. The maximum Gasteiger partial charge on any atom is 0.335 e. The lowest BCUT2D eigenvalue weighted by atomic mass is 10.1. The van der Waals surface area contributed by atoms with E-state index in [1.165, 1.54) is 0 Å². The molecule has 94 valence electrons. The van der Waals surface area contributed by atoms with Gasteiger partial charge in [0.15, 0.2) is 17.4 Å². The van der Waals surface area contributed by atoms with Gasteiger partial charge in [-0.05, 0) is 18.1 Å². The first kappa shape index (κ1) is 13.4. The summed E-state index contributed by atoms with van der Waals surface area (Å²) in [5, 5.41) is 8.61. The van der Waals surface area contributed by atoms with Crippen molar-refractivity contribution in [2.45, 2.75) is 20.3 Å². The van der Waals surface area contributed by atoms with E-state index in [9.17, 15) is 13.6 Å². The van der Waals surface area contributed by atoms with E-state index >= 15 is 0 Å². The minimum atomic E-state index is -1.38. The molecule has 1 aromatic carbocycles. The van der Waals surface area contributed by atoms with E-state index in [4.69, 9.17) is 9.84 Å². The quantitative estimate of drug-likeness (QED) is 0.865. The van der Waals surface area contributed by atoms with Crippen LogP contribution in [0.2, 0.25) is 0 Å². The molecule has 0 saturated heterocycles. The highest BCUT2D eigenvalue weighted by atomic mass is 19.1. The number of carboxylic acids is 1. The van der Waals surface area contributed by atoms with Gasteiger partial charge in [-0.15, -0.1) is 0 Å². The number of ether oxygens (including phenoxy) is 1. The molecule has 0 saturated carbocycles. The number of carboxylic acid groups (broad SMARTS) is 1. The van der Waals surface area contributed by atoms with Gasteiger partial charge in [0, 0.05) is 0 Å². The van der Waals surface area contributed by atoms with Crippen molar-refractivity contribution < 1.29 is 23.4 Å². The summed E-state index contributed by atoms with van der Waals surface area (Å²) in [6.07, 6.45) is 0.830. The number of carbonyl (C=O) groups is 1. The molecule has 0 spiro atoms. The highest BCUT2D eigenvalue weighted by molar-refractivity contribution is 5.87. The van der Waals surface area contributed by atoms with Crippen molar-refractivity contribution in [1.82, 2.24) is 0 Å². The monoisotopic (exact) mass is 244 g/mol. The van der Waals surface area contributed by atoms with Gasteiger partial charge in [-0.1, -0.05) is 20.3 Å². The van der Waals surface area contributed by atoms with Crippen molar-refractivity contribution >= 4 is 5.97 Å². The maximum absolute atomic E-state index is 13.4. The highest BCUT2D eigenvalue weighted by Crippen LogP contribution is 2.24. The molecule has 1 aromatic rings. The summed E-state index contributed by atoms with van der Waals surface area (Å²) in [7, 11) is 0. The lowest BCUT2D eigenvalue weighted by Gasteiger charge is -2.12.